The lowest BCUT2D eigenvalue weighted by Crippen LogP contribution is -2.05. The minimum absolute atomic E-state index is 0.0523. The van der Waals surface area contributed by atoms with Crippen LogP contribution in [0.1, 0.15) is 5.89 Å². The zero-order valence-corrected chi connectivity index (χ0v) is 14.8. The van der Waals surface area contributed by atoms with E-state index in [4.69, 9.17) is 18.1 Å². The Morgan fingerprint density at radius 3 is 2.59 bits per heavy atom. The van der Waals surface area contributed by atoms with Crippen molar-refractivity contribution in [2.75, 3.05) is 7.11 Å². The summed E-state index contributed by atoms with van der Waals surface area (Å²) in [6.45, 7) is 0. The second kappa shape index (κ2) is 6.72. The first-order valence-electron chi connectivity index (χ1n) is 7.75. The number of ether oxygens (including phenoxy) is 1. The smallest absolute Gasteiger partial charge is 0.269 e. The number of benzene rings is 1. The van der Waals surface area contributed by atoms with Crippen molar-refractivity contribution in [3.05, 3.63) is 54.6 Å². The Labute approximate surface area is 153 Å². The molecule has 10 heteroatoms. The van der Waals surface area contributed by atoms with Crippen LogP contribution in [0, 0.1) is 0 Å². The van der Waals surface area contributed by atoms with Crippen LogP contribution in [-0.4, -0.2) is 30.9 Å². The number of sulfone groups is 1. The van der Waals surface area contributed by atoms with E-state index in [-0.39, 0.29) is 22.4 Å². The molecule has 0 N–H and O–H groups in total. The predicted octanol–water partition coefficient (Wildman–Crippen LogP) is 2.97. The Hall–Kier alpha value is -3.40. The van der Waals surface area contributed by atoms with Gasteiger partial charge in [0.05, 0.1) is 18.3 Å². The first-order valence-corrected chi connectivity index (χ1v) is 9.40. The van der Waals surface area contributed by atoms with E-state index in [0.717, 1.165) is 0 Å². The van der Waals surface area contributed by atoms with Crippen molar-refractivity contribution in [3.8, 4) is 28.9 Å². The van der Waals surface area contributed by atoms with Crippen molar-refractivity contribution in [1.82, 2.24) is 15.4 Å². The summed E-state index contributed by atoms with van der Waals surface area (Å²) in [6.07, 6.45) is 1.51. The monoisotopic (exact) mass is 387 g/mol. The summed E-state index contributed by atoms with van der Waals surface area (Å²) in [5.74, 6) is 1.01. The molecule has 0 fully saturated rings. The Morgan fingerprint density at radius 1 is 1.07 bits per heavy atom. The molecule has 3 heterocycles. The molecule has 0 aliphatic rings. The van der Waals surface area contributed by atoms with Crippen LogP contribution >= 0.6 is 0 Å². The molecule has 0 unspecified atom stereocenters. The molecular formula is C17H13N3O6S. The average Bonchev–Trinajstić information content (AvgIpc) is 3.41. The minimum atomic E-state index is -3.65. The van der Waals surface area contributed by atoms with Crippen LogP contribution in [0.15, 0.2) is 67.0 Å². The summed E-state index contributed by atoms with van der Waals surface area (Å²) < 4.78 is 45.8. The van der Waals surface area contributed by atoms with Crippen molar-refractivity contribution >= 4 is 9.84 Å². The summed E-state index contributed by atoms with van der Waals surface area (Å²) in [6, 6.07) is 11.0. The van der Waals surface area contributed by atoms with Gasteiger partial charge in [0.25, 0.3) is 5.89 Å². The fourth-order valence-electron chi connectivity index (χ4n) is 2.36. The van der Waals surface area contributed by atoms with Gasteiger partial charge >= 0.3 is 0 Å². The third-order valence-corrected chi connectivity index (χ3v) is 5.31. The van der Waals surface area contributed by atoms with Crippen molar-refractivity contribution in [2.45, 2.75) is 10.6 Å². The van der Waals surface area contributed by atoms with Crippen LogP contribution in [0.2, 0.25) is 0 Å². The van der Waals surface area contributed by atoms with E-state index in [1.165, 1.54) is 25.5 Å². The van der Waals surface area contributed by atoms with E-state index >= 15 is 0 Å². The lowest BCUT2D eigenvalue weighted by molar-refractivity contribution is 0.414. The number of furan rings is 1. The average molecular weight is 387 g/mol. The summed E-state index contributed by atoms with van der Waals surface area (Å²) in [5, 5.41) is 11.5. The molecule has 0 atom stereocenters. The van der Waals surface area contributed by atoms with E-state index < -0.39 is 15.6 Å². The minimum Gasteiger partial charge on any atom is -0.497 e. The number of rotatable bonds is 6. The number of aromatic nitrogens is 3. The van der Waals surface area contributed by atoms with Gasteiger partial charge in [-0.2, -0.15) is 0 Å². The first-order chi connectivity index (χ1) is 13.0. The van der Waals surface area contributed by atoms with E-state index in [1.807, 2.05) is 0 Å². The zero-order valence-electron chi connectivity index (χ0n) is 14.0. The van der Waals surface area contributed by atoms with Gasteiger partial charge in [-0.1, -0.05) is 5.16 Å². The number of hydrogen-bond donors (Lipinski definition) is 0. The van der Waals surface area contributed by atoms with E-state index in [9.17, 15) is 8.42 Å². The van der Waals surface area contributed by atoms with Gasteiger partial charge in [-0.3, -0.25) is 0 Å². The van der Waals surface area contributed by atoms with Gasteiger partial charge in [0, 0.05) is 6.07 Å². The Bertz CT molecular complexity index is 1140. The molecule has 0 amide bonds. The van der Waals surface area contributed by atoms with Gasteiger partial charge in [0.1, 0.15) is 11.5 Å². The Balaban J connectivity index is 1.54. The summed E-state index contributed by atoms with van der Waals surface area (Å²) in [4.78, 5) is 0.129. The van der Waals surface area contributed by atoms with Crippen LogP contribution in [0.4, 0.5) is 0 Å². The van der Waals surface area contributed by atoms with Crippen molar-refractivity contribution < 1.29 is 26.5 Å². The maximum atomic E-state index is 12.5. The molecule has 9 nitrogen and oxygen atoms in total. The topological polar surface area (TPSA) is 121 Å². The summed E-state index contributed by atoms with van der Waals surface area (Å²) in [5.41, 5.74) is 0.280. The van der Waals surface area contributed by atoms with Gasteiger partial charge in [0.15, 0.2) is 21.3 Å². The molecule has 0 spiro atoms. The number of methoxy groups -OCH3 is 1. The fraction of sp³-hybridized carbons (Fsp3) is 0.118. The molecular weight excluding hydrogens is 374 g/mol. The molecule has 0 aliphatic heterocycles. The van der Waals surface area contributed by atoms with Gasteiger partial charge in [0.2, 0.25) is 11.7 Å². The van der Waals surface area contributed by atoms with Gasteiger partial charge in [-0.15, -0.1) is 10.2 Å². The highest BCUT2D eigenvalue weighted by atomic mass is 32.2. The Kier molecular flexibility index (Phi) is 4.24. The molecule has 3 aromatic heterocycles. The molecule has 1 aromatic carbocycles. The van der Waals surface area contributed by atoms with E-state index in [2.05, 4.69) is 15.4 Å². The van der Waals surface area contributed by atoms with Crippen molar-refractivity contribution in [1.29, 1.82) is 0 Å². The number of nitrogens with zero attached hydrogens (tertiary/aromatic N) is 3. The normalized spacial score (nSPS) is 11.6. The van der Waals surface area contributed by atoms with Crippen LogP contribution < -0.4 is 4.74 Å². The van der Waals surface area contributed by atoms with Crippen molar-refractivity contribution in [3.63, 3.8) is 0 Å². The molecule has 0 saturated carbocycles. The SMILES string of the molecule is COc1ccc(S(=O)(=O)Cc2nnc(-c3cc(-c4ccco4)on3)o2)cc1. The van der Waals surface area contributed by atoms with E-state index in [1.54, 1.807) is 30.3 Å². The molecule has 0 radical (unpaired) electrons. The van der Waals surface area contributed by atoms with Gasteiger partial charge < -0.3 is 18.1 Å². The molecule has 4 rings (SSSR count). The second-order valence-electron chi connectivity index (χ2n) is 5.49. The second-order valence-corrected chi connectivity index (χ2v) is 7.48. The van der Waals surface area contributed by atoms with Gasteiger partial charge in [-0.25, -0.2) is 8.42 Å². The molecule has 0 aliphatic carbocycles. The van der Waals surface area contributed by atoms with E-state index in [0.29, 0.717) is 17.3 Å². The Morgan fingerprint density at radius 2 is 1.89 bits per heavy atom. The van der Waals surface area contributed by atoms with Crippen LogP contribution in [0.25, 0.3) is 23.1 Å². The largest absolute Gasteiger partial charge is 0.497 e. The lowest BCUT2D eigenvalue weighted by Gasteiger charge is -2.03. The first kappa shape index (κ1) is 17.0. The zero-order chi connectivity index (χ0) is 18.9. The van der Waals surface area contributed by atoms with Crippen molar-refractivity contribution in [2.24, 2.45) is 0 Å². The van der Waals surface area contributed by atoms with Crippen LogP contribution in [0.5, 0.6) is 5.75 Å². The molecule has 4 aromatic rings. The maximum absolute atomic E-state index is 12.5. The third-order valence-electron chi connectivity index (χ3n) is 3.69. The highest BCUT2D eigenvalue weighted by Crippen LogP contribution is 2.26. The quantitative estimate of drug-likeness (QED) is 0.491. The molecule has 0 bridgehead atoms. The fourth-order valence-corrected chi connectivity index (χ4v) is 3.51. The summed E-state index contributed by atoms with van der Waals surface area (Å²) >= 11 is 0. The van der Waals surface area contributed by atoms with Crippen LogP contribution in [-0.2, 0) is 15.6 Å². The predicted molar refractivity (Wildman–Crippen MR) is 91.4 cm³/mol. The third kappa shape index (κ3) is 3.47. The maximum Gasteiger partial charge on any atom is 0.269 e. The molecule has 0 saturated heterocycles. The standard InChI is InChI=1S/C17H13N3O6S/c1-23-11-4-6-12(7-5-11)27(21,22)10-16-18-19-17(25-16)13-9-15(26-20-13)14-3-2-8-24-14/h2-9H,10H2,1H3. The van der Waals surface area contributed by atoms with Gasteiger partial charge in [-0.05, 0) is 36.4 Å². The highest BCUT2D eigenvalue weighted by Gasteiger charge is 2.22. The lowest BCUT2D eigenvalue weighted by atomic mass is 10.3. The molecule has 27 heavy (non-hydrogen) atoms. The highest BCUT2D eigenvalue weighted by molar-refractivity contribution is 7.90. The molecule has 138 valence electrons. The summed E-state index contributed by atoms with van der Waals surface area (Å²) in [7, 11) is -2.14. The number of hydrogen-bond acceptors (Lipinski definition) is 9. The van der Waals surface area contributed by atoms with Crippen LogP contribution in [0.3, 0.4) is 0 Å².